The number of imide groups is 1. The fourth-order valence-electron chi connectivity index (χ4n) is 8.38. The Morgan fingerprint density at radius 2 is 1.64 bits per heavy atom. The molecule has 2 aromatic carbocycles. The van der Waals surface area contributed by atoms with E-state index < -0.39 is 17.9 Å². The number of ketones is 2. The monoisotopic (exact) mass is 741 g/mol. The van der Waals surface area contributed by atoms with Gasteiger partial charge in [-0.15, -0.1) is 5.10 Å². The van der Waals surface area contributed by atoms with Gasteiger partial charge in [0.1, 0.15) is 28.9 Å². The third-order valence-corrected chi connectivity index (χ3v) is 11.2. The quantitative estimate of drug-likeness (QED) is 0.165. The minimum absolute atomic E-state index is 0.0574. The Hall–Kier alpha value is -6.02. The first kappa shape index (κ1) is 34.7. The fourth-order valence-corrected chi connectivity index (χ4v) is 8.38. The highest BCUT2D eigenvalue weighted by Gasteiger charge is 2.44. The lowest BCUT2D eigenvalue weighted by Gasteiger charge is -2.35. The minimum Gasteiger partial charge on any atom is -0.384 e. The van der Waals surface area contributed by atoms with Crippen LogP contribution in [0.5, 0.6) is 0 Å². The average molecular weight is 742 g/mol. The van der Waals surface area contributed by atoms with E-state index >= 15 is 0 Å². The highest BCUT2D eigenvalue weighted by atomic mass is 19.1. The van der Waals surface area contributed by atoms with Gasteiger partial charge >= 0.3 is 0 Å². The van der Waals surface area contributed by atoms with Crippen LogP contribution in [0.4, 0.5) is 21.7 Å². The lowest BCUT2D eigenvalue weighted by molar-refractivity contribution is -0.132. The van der Waals surface area contributed by atoms with E-state index in [4.69, 9.17) is 10.1 Å². The molecule has 1 N–H and O–H groups in total. The van der Waals surface area contributed by atoms with Crippen molar-refractivity contribution >= 4 is 46.4 Å². The molecule has 3 aromatic heterocycles. The molecule has 13 nitrogen and oxygen atoms in total. The minimum atomic E-state index is -0.877. The zero-order valence-corrected chi connectivity index (χ0v) is 30.2. The van der Waals surface area contributed by atoms with Crippen molar-refractivity contribution in [3.05, 3.63) is 102 Å². The number of imidazole rings is 1. The molecule has 280 valence electrons. The number of anilines is 3. The molecule has 0 bridgehead atoms. The maximum atomic E-state index is 14.1. The first-order valence-electron chi connectivity index (χ1n) is 18.9. The van der Waals surface area contributed by atoms with Crippen LogP contribution in [0.3, 0.4) is 0 Å². The maximum Gasteiger partial charge on any atom is 0.262 e. The summed E-state index contributed by atoms with van der Waals surface area (Å²) in [6.45, 7) is 5.57. The molecule has 3 fully saturated rings. The van der Waals surface area contributed by atoms with Crippen LogP contribution in [0.25, 0.3) is 17.0 Å². The summed E-state index contributed by atoms with van der Waals surface area (Å²) in [5.41, 5.74) is 4.56. The molecule has 1 aliphatic carbocycles. The number of Topliss-reactive ketones (excluding diaryl/α,β-unsaturated/α-hetero) is 2. The number of aromatic nitrogens is 4. The van der Waals surface area contributed by atoms with Crippen LogP contribution in [0.15, 0.2) is 79.0 Å². The van der Waals surface area contributed by atoms with Crippen molar-refractivity contribution in [2.75, 3.05) is 60.9 Å². The topological polar surface area (TPSA) is 136 Å². The Labute approximate surface area is 316 Å². The molecule has 14 heteroatoms. The number of fused-ring (bicyclic) bond motifs is 2. The van der Waals surface area contributed by atoms with Crippen molar-refractivity contribution in [2.45, 2.75) is 44.2 Å². The van der Waals surface area contributed by atoms with Crippen LogP contribution >= 0.6 is 0 Å². The largest absolute Gasteiger partial charge is 0.384 e. The average Bonchev–Trinajstić information content (AvgIpc) is 3.92. The van der Waals surface area contributed by atoms with Gasteiger partial charge in [-0.25, -0.2) is 18.9 Å². The normalized spacial score (nSPS) is 20.6. The maximum absolute atomic E-state index is 14.1. The summed E-state index contributed by atoms with van der Waals surface area (Å²) in [4.78, 5) is 68.1. The van der Waals surface area contributed by atoms with Gasteiger partial charge in [0.2, 0.25) is 0 Å². The molecule has 2 saturated heterocycles. The van der Waals surface area contributed by atoms with E-state index in [1.807, 2.05) is 47.1 Å². The molecular weight excluding hydrogens is 702 g/mol. The predicted molar refractivity (Wildman–Crippen MR) is 204 cm³/mol. The standard InChI is InChI=1S/C41H40FN9O4/c42-27-5-1-4-26(22-27)33-7-3-16-49(33)39-14-13-37-44-25-35(51(37)46-39)32-6-2-8-38(45-32)48-20-18-47(19-21-48)17-15-43-28-9-11-30-31(23-28)41(55)50(40(30)54)34-12-10-29(52)24-36(34)53/h1-2,4-6,8-9,11,13-14,22-23,25,33-34,43H,3,7,10,12,15-21,24H2/t33-,34?/m1/s1. The first-order valence-corrected chi connectivity index (χ1v) is 18.9. The Kier molecular flexibility index (Phi) is 9.05. The zero-order valence-electron chi connectivity index (χ0n) is 30.2. The molecule has 5 aromatic rings. The number of halogens is 1. The number of nitrogens with zero attached hydrogens (tertiary/aromatic N) is 8. The molecule has 9 rings (SSSR count). The van der Waals surface area contributed by atoms with Crippen LogP contribution in [-0.4, -0.2) is 105 Å². The van der Waals surface area contributed by atoms with Crippen molar-refractivity contribution in [3.63, 3.8) is 0 Å². The Morgan fingerprint density at radius 1 is 0.800 bits per heavy atom. The number of piperazine rings is 1. The van der Waals surface area contributed by atoms with Gasteiger partial charge < -0.3 is 15.1 Å². The second-order valence-corrected chi connectivity index (χ2v) is 14.6. The van der Waals surface area contributed by atoms with Crippen molar-refractivity contribution in [1.29, 1.82) is 0 Å². The Bertz CT molecular complexity index is 2340. The van der Waals surface area contributed by atoms with Gasteiger partial charge in [-0.2, -0.15) is 0 Å². The number of pyridine rings is 1. The number of carbonyl (C=O) groups excluding carboxylic acids is 4. The predicted octanol–water partition coefficient (Wildman–Crippen LogP) is 4.79. The number of amides is 2. The third kappa shape index (κ3) is 6.60. The summed E-state index contributed by atoms with van der Waals surface area (Å²) < 4.78 is 15.9. The zero-order chi connectivity index (χ0) is 37.6. The molecule has 3 aliphatic heterocycles. The van der Waals surface area contributed by atoms with Crippen LogP contribution in [-0.2, 0) is 9.59 Å². The molecule has 0 radical (unpaired) electrons. The molecule has 1 saturated carbocycles. The van der Waals surface area contributed by atoms with Crippen LogP contribution in [0.1, 0.15) is 64.4 Å². The second-order valence-electron chi connectivity index (χ2n) is 14.6. The number of carbonyl (C=O) groups is 4. The second kappa shape index (κ2) is 14.3. The van der Waals surface area contributed by atoms with E-state index in [1.54, 1.807) is 30.3 Å². The molecule has 6 heterocycles. The third-order valence-electron chi connectivity index (χ3n) is 11.2. The molecule has 55 heavy (non-hydrogen) atoms. The van der Waals surface area contributed by atoms with Crippen molar-refractivity contribution in [2.24, 2.45) is 0 Å². The van der Waals surface area contributed by atoms with E-state index in [0.29, 0.717) is 6.54 Å². The van der Waals surface area contributed by atoms with Gasteiger partial charge in [0.25, 0.3) is 11.8 Å². The van der Waals surface area contributed by atoms with E-state index in [9.17, 15) is 23.6 Å². The molecule has 2 amide bonds. The number of rotatable bonds is 9. The van der Waals surface area contributed by atoms with Gasteiger partial charge in [-0.05, 0) is 79.4 Å². The van der Waals surface area contributed by atoms with Gasteiger partial charge in [-0.3, -0.25) is 29.0 Å². The summed E-state index contributed by atoms with van der Waals surface area (Å²) >= 11 is 0. The van der Waals surface area contributed by atoms with Crippen molar-refractivity contribution < 1.29 is 23.6 Å². The fraction of sp³-hybridized carbons (Fsp3) is 0.341. The van der Waals surface area contributed by atoms with Crippen molar-refractivity contribution in [3.8, 4) is 11.4 Å². The SMILES string of the molecule is O=C1CCC(N2C(=O)c3ccc(NCCN4CCN(c5cccc(-c6cnc7ccc(N8CCC[C@@H]8c8cccc(F)c8)nn67)n5)CC4)cc3C2=O)C(=O)C1. The Balaban J connectivity index is 0.814. The van der Waals surface area contributed by atoms with Crippen molar-refractivity contribution in [1.82, 2.24) is 29.4 Å². The van der Waals surface area contributed by atoms with Gasteiger partial charge in [0, 0.05) is 57.9 Å². The number of nitrogens with one attached hydrogen (secondary N) is 1. The summed E-state index contributed by atoms with van der Waals surface area (Å²) in [5.74, 6) is -0.00669. The highest BCUT2D eigenvalue weighted by Crippen LogP contribution is 2.36. The molecule has 4 aliphatic rings. The molecule has 0 spiro atoms. The lowest BCUT2D eigenvalue weighted by Crippen LogP contribution is -2.47. The number of benzene rings is 2. The number of hydrogen-bond acceptors (Lipinski definition) is 11. The van der Waals surface area contributed by atoms with E-state index in [2.05, 4.69) is 25.0 Å². The summed E-state index contributed by atoms with van der Waals surface area (Å²) in [6.07, 6.45) is 3.89. The summed E-state index contributed by atoms with van der Waals surface area (Å²) in [5, 5.41) is 8.40. The van der Waals surface area contributed by atoms with E-state index in [1.165, 1.54) is 6.07 Å². The summed E-state index contributed by atoms with van der Waals surface area (Å²) in [6, 6.07) is 21.1. The molecule has 1 unspecified atom stereocenters. The van der Waals surface area contributed by atoms with Crippen LogP contribution < -0.4 is 15.1 Å². The number of hydrogen-bond donors (Lipinski definition) is 1. The molecular formula is C41H40FN9O4. The highest BCUT2D eigenvalue weighted by molar-refractivity contribution is 6.24. The van der Waals surface area contributed by atoms with E-state index in [-0.39, 0.29) is 53.8 Å². The molecule has 2 atom stereocenters. The van der Waals surface area contributed by atoms with Crippen LogP contribution in [0, 0.1) is 5.82 Å². The lowest BCUT2D eigenvalue weighted by atomic mass is 9.92. The Morgan fingerprint density at radius 3 is 2.47 bits per heavy atom. The van der Waals surface area contributed by atoms with Gasteiger partial charge in [0.15, 0.2) is 11.4 Å². The smallest absolute Gasteiger partial charge is 0.262 e. The van der Waals surface area contributed by atoms with E-state index in [0.717, 1.165) is 96.9 Å². The summed E-state index contributed by atoms with van der Waals surface area (Å²) in [7, 11) is 0. The van der Waals surface area contributed by atoms with Gasteiger partial charge in [0.05, 0.1) is 41.5 Å². The van der Waals surface area contributed by atoms with Crippen LogP contribution in [0.2, 0.25) is 0 Å². The first-order chi connectivity index (χ1) is 26.8. The van der Waals surface area contributed by atoms with Gasteiger partial charge in [-0.1, -0.05) is 18.2 Å².